The molecule has 18 heavy (non-hydrogen) atoms. The van der Waals surface area contributed by atoms with Crippen LogP contribution in [0.3, 0.4) is 0 Å². The van der Waals surface area contributed by atoms with Gasteiger partial charge < -0.3 is 10.0 Å². The van der Waals surface area contributed by atoms with Crippen LogP contribution in [0.15, 0.2) is 18.5 Å². The predicted molar refractivity (Wildman–Crippen MR) is 62.4 cm³/mol. The van der Waals surface area contributed by atoms with Gasteiger partial charge in [-0.1, -0.05) is 0 Å². The van der Waals surface area contributed by atoms with Crippen LogP contribution in [0, 0.1) is 5.82 Å². The van der Waals surface area contributed by atoms with E-state index in [9.17, 15) is 14.3 Å². The molecule has 1 amide bonds. The molecule has 1 N–H and O–H groups in total. The standard InChI is InChI=1S/C13H15FN2O2/c14-9-3-8(6-15-7-9)13(18)16-10-1-2-11(16)5-12(17)4-10/h3,6-7,10-12,17H,1-2,4-5H2. The Morgan fingerprint density at radius 1 is 1.33 bits per heavy atom. The molecule has 2 aliphatic heterocycles. The van der Waals surface area contributed by atoms with Gasteiger partial charge in [0.1, 0.15) is 5.82 Å². The molecule has 5 heteroatoms. The Morgan fingerprint density at radius 2 is 2.00 bits per heavy atom. The van der Waals surface area contributed by atoms with Crippen LogP contribution >= 0.6 is 0 Å². The number of hydrogen-bond acceptors (Lipinski definition) is 3. The average molecular weight is 250 g/mol. The Kier molecular flexibility index (Phi) is 2.78. The first-order chi connectivity index (χ1) is 8.65. The van der Waals surface area contributed by atoms with Crippen molar-refractivity contribution < 1.29 is 14.3 Å². The van der Waals surface area contributed by atoms with Gasteiger partial charge in [0.15, 0.2) is 0 Å². The first-order valence-electron chi connectivity index (χ1n) is 6.26. The molecule has 1 aromatic rings. The number of amides is 1. The maximum atomic E-state index is 13.1. The molecule has 0 aromatic carbocycles. The third-order valence-corrected chi connectivity index (χ3v) is 3.89. The Hall–Kier alpha value is -1.49. The summed E-state index contributed by atoms with van der Waals surface area (Å²) >= 11 is 0. The smallest absolute Gasteiger partial charge is 0.256 e. The van der Waals surface area contributed by atoms with Gasteiger partial charge in [-0.05, 0) is 31.7 Å². The van der Waals surface area contributed by atoms with E-state index < -0.39 is 5.82 Å². The molecule has 0 radical (unpaired) electrons. The van der Waals surface area contributed by atoms with Crippen molar-refractivity contribution in [3.63, 3.8) is 0 Å². The van der Waals surface area contributed by atoms with Gasteiger partial charge in [-0.25, -0.2) is 4.39 Å². The number of fused-ring (bicyclic) bond motifs is 2. The highest BCUT2D eigenvalue weighted by molar-refractivity contribution is 5.94. The van der Waals surface area contributed by atoms with Gasteiger partial charge in [0.2, 0.25) is 0 Å². The summed E-state index contributed by atoms with van der Waals surface area (Å²) < 4.78 is 13.1. The average Bonchev–Trinajstić information content (AvgIpc) is 2.61. The second kappa shape index (κ2) is 4.31. The lowest BCUT2D eigenvalue weighted by Gasteiger charge is -2.37. The summed E-state index contributed by atoms with van der Waals surface area (Å²) in [5, 5.41) is 9.69. The summed E-state index contributed by atoms with van der Waals surface area (Å²) in [6.07, 6.45) is 5.29. The SMILES string of the molecule is O=C(c1cncc(F)c1)N1C2CCC1CC(O)C2. The van der Waals surface area contributed by atoms with Gasteiger partial charge in [0, 0.05) is 18.3 Å². The molecule has 3 heterocycles. The second-order valence-corrected chi connectivity index (χ2v) is 5.11. The van der Waals surface area contributed by atoms with Crippen molar-refractivity contribution in [3.8, 4) is 0 Å². The summed E-state index contributed by atoms with van der Waals surface area (Å²) in [5.41, 5.74) is 0.295. The topological polar surface area (TPSA) is 53.4 Å². The van der Waals surface area contributed by atoms with Crippen LogP contribution in [0.4, 0.5) is 4.39 Å². The molecule has 0 aliphatic carbocycles. The third kappa shape index (κ3) is 1.88. The van der Waals surface area contributed by atoms with Crippen molar-refractivity contribution in [2.24, 2.45) is 0 Å². The molecule has 2 unspecified atom stereocenters. The molecule has 2 saturated heterocycles. The lowest BCUT2D eigenvalue weighted by molar-refractivity contribution is 0.0286. The zero-order valence-electron chi connectivity index (χ0n) is 9.92. The van der Waals surface area contributed by atoms with Crippen molar-refractivity contribution in [2.75, 3.05) is 0 Å². The van der Waals surface area contributed by atoms with Crippen molar-refractivity contribution >= 4 is 5.91 Å². The normalized spacial score (nSPS) is 30.6. The van der Waals surface area contributed by atoms with Crippen LogP contribution in [-0.4, -0.2) is 39.1 Å². The van der Waals surface area contributed by atoms with Gasteiger partial charge in [-0.15, -0.1) is 0 Å². The second-order valence-electron chi connectivity index (χ2n) is 5.11. The van der Waals surface area contributed by atoms with Gasteiger partial charge in [0.05, 0.1) is 17.9 Å². The molecule has 2 aliphatic rings. The zero-order valence-corrected chi connectivity index (χ0v) is 9.92. The van der Waals surface area contributed by atoms with Crippen LogP contribution in [0.2, 0.25) is 0 Å². The molecular formula is C13H15FN2O2. The van der Waals surface area contributed by atoms with Crippen LogP contribution in [0.1, 0.15) is 36.0 Å². The summed E-state index contributed by atoms with van der Waals surface area (Å²) in [7, 11) is 0. The molecule has 0 spiro atoms. The molecule has 4 nitrogen and oxygen atoms in total. The zero-order chi connectivity index (χ0) is 12.7. The summed E-state index contributed by atoms with van der Waals surface area (Å²) in [6.45, 7) is 0. The van der Waals surface area contributed by atoms with Crippen LogP contribution in [0.25, 0.3) is 0 Å². The van der Waals surface area contributed by atoms with Crippen molar-refractivity contribution in [2.45, 2.75) is 43.9 Å². The summed E-state index contributed by atoms with van der Waals surface area (Å²) in [4.78, 5) is 17.9. The van der Waals surface area contributed by atoms with E-state index in [-0.39, 0.29) is 24.1 Å². The van der Waals surface area contributed by atoms with Crippen LogP contribution in [-0.2, 0) is 0 Å². The molecule has 96 valence electrons. The van der Waals surface area contributed by atoms with E-state index in [0.717, 1.165) is 19.0 Å². The van der Waals surface area contributed by atoms with Gasteiger partial charge >= 0.3 is 0 Å². The number of rotatable bonds is 1. The lowest BCUT2D eigenvalue weighted by atomic mass is 9.99. The number of pyridine rings is 1. The first-order valence-corrected chi connectivity index (χ1v) is 6.26. The maximum Gasteiger partial charge on any atom is 0.256 e. The van der Waals surface area contributed by atoms with Crippen molar-refractivity contribution in [1.82, 2.24) is 9.88 Å². The first kappa shape index (κ1) is 11.6. The number of aliphatic hydroxyl groups is 1. The van der Waals surface area contributed by atoms with Crippen LogP contribution in [0.5, 0.6) is 0 Å². The van der Waals surface area contributed by atoms with Crippen molar-refractivity contribution in [1.29, 1.82) is 0 Å². The Balaban J connectivity index is 1.85. The molecule has 0 saturated carbocycles. The highest BCUT2D eigenvalue weighted by Crippen LogP contribution is 2.36. The number of carbonyl (C=O) groups excluding carboxylic acids is 1. The third-order valence-electron chi connectivity index (χ3n) is 3.89. The van der Waals surface area contributed by atoms with E-state index in [1.807, 2.05) is 4.90 Å². The summed E-state index contributed by atoms with van der Waals surface area (Å²) in [6, 6.07) is 1.41. The number of nitrogens with zero attached hydrogens (tertiary/aromatic N) is 2. The minimum absolute atomic E-state index is 0.0921. The number of aromatic nitrogens is 1. The van der Waals surface area contributed by atoms with Gasteiger partial charge in [-0.2, -0.15) is 0 Å². The van der Waals surface area contributed by atoms with E-state index in [4.69, 9.17) is 0 Å². The maximum absolute atomic E-state index is 13.1. The lowest BCUT2D eigenvalue weighted by Crippen LogP contribution is -2.48. The number of carbonyl (C=O) groups is 1. The quantitative estimate of drug-likeness (QED) is 0.818. The minimum atomic E-state index is -0.495. The van der Waals surface area contributed by atoms with E-state index in [2.05, 4.69) is 4.98 Å². The molecule has 2 fully saturated rings. The molecule has 1 aromatic heterocycles. The molecule has 2 bridgehead atoms. The Morgan fingerprint density at radius 3 is 2.61 bits per heavy atom. The van der Waals surface area contributed by atoms with Crippen LogP contribution < -0.4 is 0 Å². The van der Waals surface area contributed by atoms with E-state index >= 15 is 0 Å². The number of aliphatic hydroxyl groups excluding tert-OH is 1. The van der Waals surface area contributed by atoms with E-state index in [0.29, 0.717) is 18.4 Å². The largest absolute Gasteiger partial charge is 0.393 e. The van der Waals surface area contributed by atoms with E-state index in [1.165, 1.54) is 12.3 Å². The monoisotopic (exact) mass is 250 g/mol. The number of piperidine rings is 1. The fraction of sp³-hybridized carbons (Fsp3) is 0.538. The fourth-order valence-corrected chi connectivity index (χ4v) is 3.16. The predicted octanol–water partition coefficient (Wildman–Crippen LogP) is 1.35. The highest BCUT2D eigenvalue weighted by atomic mass is 19.1. The summed E-state index contributed by atoms with van der Waals surface area (Å²) in [5.74, 6) is -0.661. The number of hydrogen-bond donors (Lipinski definition) is 1. The fourth-order valence-electron chi connectivity index (χ4n) is 3.16. The number of halogens is 1. The molecular weight excluding hydrogens is 235 g/mol. The van der Waals surface area contributed by atoms with Gasteiger partial charge in [0.25, 0.3) is 5.91 Å². The minimum Gasteiger partial charge on any atom is -0.393 e. The van der Waals surface area contributed by atoms with E-state index in [1.54, 1.807) is 0 Å². The van der Waals surface area contributed by atoms with Crippen molar-refractivity contribution in [3.05, 3.63) is 29.8 Å². The molecule has 2 atom stereocenters. The van der Waals surface area contributed by atoms with Gasteiger partial charge in [-0.3, -0.25) is 9.78 Å². The Labute approximate surface area is 104 Å². The highest BCUT2D eigenvalue weighted by Gasteiger charge is 2.42. The molecule has 3 rings (SSSR count). The Bertz CT molecular complexity index is 466.